The van der Waals surface area contributed by atoms with Crippen molar-refractivity contribution in [2.45, 2.75) is 32.9 Å². The molecule has 0 aromatic heterocycles. The van der Waals surface area contributed by atoms with Crippen LogP contribution in [0.5, 0.6) is 5.75 Å². The Labute approximate surface area is 146 Å². The number of benzene rings is 1. The summed E-state index contributed by atoms with van der Waals surface area (Å²) in [5.74, 6) is 0.600. The second-order valence-corrected chi connectivity index (χ2v) is 6.71. The molecule has 5 nitrogen and oxygen atoms in total. The molecule has 0 atom stereocenters. The highest BCUT2D eigenvalue weighted by atomic mass is 35.5. The maximum atomic E-state index is 11.7. The number of nitrogens with one attached hydrogen (secondary N) is 2. The summed E-state index contributed by atoms with van der Waals surface area (Å²) in [6.45, 7) is 8.69. The van der Waals surface area contributed by atoms with Crippen molar-refractivity contribution in [2.24, 2.45) is 0 Å². The minimum atomic E-state index is -0.234. The van der Waals surface area contributed by atoms with Crippen LogP contribution in [-0.4, -0.2) is 50.1 Å². The number of nitrogens with zero attached hydrogens (tertiary/aromatic N) is 1. The standard InChI is InChI=1S/C17H29N3O2.ClH/c1-17(2,3)19-16(21)13-22-15-8-6-14(7-9-15)12-18-10-11-20(4)5;/h6-9,18H,10-13H2,1-5H3,(H,19,21);1H. The molecule has 6 heteroatoms. The van der Waals surface area contributed by atoms with Gasteiger partial charge in [0.05, 0.1) is 0 Å². The summed E-state index contributed by atoms with van der Waals surface area (Å²) < 4.78 is 5.49. The quantitative estimate of drug-likeness (QED) is 0.709. The summed E-state index contributed by atoms with van der Waals surface area (Å²) in [6.07, 6.45) is 0. The molecule has 0 saturated carbocycles. The first-order valence-electron chi connectivity index (χ1n) is 7.64. The first-order chi connectivity index (χ1) is 10.3. The van der Waals surface area contributed by atoms with E-state index in [1.165, 1.54) is 5.56 Å². The Hall–Kier alpha value is -1.30. The Morgan fingerprint density at radius 1 is 1.17 bits per heavy atom. The van der Waals surface area contributed by atoms with E-state index >= 15 is 0 Å². The smallest absolute Gasteiger partial charge is 0.258 e. The number of halogens is 1. The highest BCUT2D eigenvalue weighted by Crippen LogP contribution is 2.12. The SMILES string of the molecule is CN(C)CCNCc1ccc(OCC(=O)NC(C)(C)C)cc1.Cl. The molecule has 1 amide bonds. The van der Waals surface area contributed by atoms with Crippen LogP contribution in [0.25, 0.3) is 0 Å². The molecule has 2 N–H and O–H groups in total. The first-order valence-corrected chi connectivity index (χ1v) is 7.64. The lowest BCUT2D eigenvalue weighted by Gasteiger charge is -2.20. The van der Waals surface area contributed by atoms with Crippen molar-refractivity contribution in [1.29, 1.82) is 0 Å². The minimum Gasteiger partial charge on any atom is -0.484 e. The van der Waals surface area contributed by atoms with E-state index in [1.54, 1.807) is 0 Å². The highest BCUT2D eigenvalue weighted by molar-refractivity contribution is 5.85. The molecule has 0 saturated heterocycles. The van der Waals surface area contributed by atoms with E-state index in [-0.39, 0.29) is 30.5 Å². The summed E-state index contributed by atoms with van der Waals surface area (Å²) >= 11 is 0. The molecule has 0 fully saturated rings. The summed E-state index contributed by atoms with van der Waals surface area (Å²) in [4.78, 5) is 13.8. The molecule has 0 spiro atoms. The predicted molar refractivity (Wildman–Crippen MR) is 97.3 cm³/mol. The van der Waals surface area contributed by atoms with Gasteiger partial charge in [-0.25, -0.2) is 0 Å². The van der Waals surface area contributed by atoms with Crippen LogP contribution in [0.3, 0.4) is 0 Å². The Morgan fingerprint density at radius 3 is 2.30 bits per heavy atom. The molecule has 1 aromatic rings. The van der Waals surface area contributed by atoms with Gasteiger partial charge < -0.3 is 20.3 Å². The molecule has 1 aromatic carbocycles. The van der Waals surface area contributed by atoms with Crippen LogP contribution in [0.15, 0.2) is 24.3 Å². The van der Waals surface area contributed by atoms with Crippen molar-refractivity contribution >= 4 is 18.3 Å². The van der Waals surface area contributed by atoms with Crippen LogP contribution in [0, 0.1) is 0 Å². The number of hydrogen-bond donors (Lipinski definition) is 2. The van der Waals surface area contributed by atoms with E-state index in [4.69, 9.17) is 4.74 Å². The third kappa shape index (κ3) is 11.0. The summed E-state index contributed by atoms with van der Waals surface area (Å²) in [6, 6.07) is 7.82. The van der Waals surface area contributed by atoms with Gasteiger partial charge in [-0.15, -0.1) is 12.4 Å². The van der Waals surface area contributed by atoms with Crippen molar-refractivity contribution < 1.29 is 9.53 Å². The van der Waals surface area contributed by atoms with E-state index < -0.39 is 0 Å². The second kappa shape index (κ2) is 10.5. The zero-order valence-electron chi connectivity index (χ0n) is 14.8. The van der Waals surface area contributed by atoms with Gasteiger partial charge >= 0.3 is 0 Å². The van der Waals surface area contributed by atoms with Gasteiger partial charge in [-0.1, -0.05) is 12.1 Å². The number of rotatable bonds is 8. The zero-order chi connectivity index (χ0) is 16.6. The average Bonchev–Trinajstić information content (AvgIpc) is 2.40. The van der Waals surface area contributed by atoms with Crippen molar-refractivity contribution in [3.8, 4) is 5.75 Å². The molecule has 0 radical (unpaired) electrons. The number of amides is 1. The zero-order valence-corrected chi connectivity index (χ0v) is 15.6. The summed E-state index contributed by atoms with van der Waals surface area (Å²) in [5.41, 5.74) is 0.966. The maximum absolute atomic E-state index is 11.7. The predicted octanol–water partition coefficient (Wildman–Crippen LogP) is 2.05. The molecule has 0 aliphatic heterocycles. The fourth-order valence-corrected chi connectivity index (χ4v) is 1.84. The topological polar surface area (TPSA) is 53.6 Å². The van der Waals surface area contributed by atoms with Crippen LogP contribution in [0.1, 0.15) is 26.3 Å². The van der Waals surface area contributed by atoms with Crippen molar-refractivity contribution in [1.82, 2.24) is 15.5 Å². The molecule has 0 aliphatic carbocycles. The number of likely N-dealkylation sites (N-methyl/N-ethyl adjacent to an activating group) is 1. The molecule has 1 rings (SSSR count). The fourth-order valence-electron chi connectivity index (χ4n) is 1.84. The van der Waals surface area contributed by atoms with E-state index in [9.17, 15) is 4.79 Å². The van der Waals surface area contributed by atoms with E-state index in [2.05, 4.69) is 29.6 Å². The second-order valence-electron chi connectivity index (χ2n) is 6.71. The van der Waals surface area contributed by atoms with E-state index in [1.807, 2.05) is 45.0 Å². The van der Waals surface area contributed by atoms with Crippen LogP contribution in [-0.2, 0) is 11.3 Å². The molecule has 0 unspecified atom stereocenters. The lowest BCUT2D eigenvalue weighted by Crippen LogP contribution is -2.43. The molecule has 132 valence electrons. The number of ether oxygens (including phenoxy) is 1. The van der Waals surface area contributed by atoms with Gasteiger partial charge in [0.25, 0.3) is 5.91 Å². The molecular formula is C17H30ClN3O2. The van der Waals surface area contributed by atoms with Crippen LogP contribution < -0.4 is 15.4 Å². The lowest BCUT2D eigenvalue weighted by atomic mass is 10.1. The highest BCUT2D eigenvalue weighted by Gasteiger charge is 2.13. The maximum Gasteiger partial charge on any atom is 0.258 e. The van der Waals surface area contributed by atoms with Gasteiger partial charge in [0, 0.05) is 25.2 Å². The Bertz CT molecular complexity index is 456. The third-order valence-electron chi connectivity index (χ3n) is 2.87. The van der Waals surface area contributed by atoms with Crippen LogP contribution in [0.2, 0.25) is 0 Å². The molecule has 0 aliphatic rings. The largest absolute Gasteiger partial charge is 0.484 e. The van der Waals surface area contributed by atoms with Gasteiger partial charge in [0.15, 0.2) is 6.61 Å². The average molecular weight is 344 g/mol. The summed E-state index contributed by atoms with van der Waals surface area (Å²) in [7, 11) is 4.12. The third-order valence-corrected chi connectivity index (χ3v) is 2.87. The molecule has 0 heterocycles. The Morgan fingerprint density at radius 2 is 1.78 bits per heavy atom. The van der Waals surface area contributed by atoms with Gasteiger partial charge in [-0.3, -0.25) is 4.79 Å². The molecular weight excluding hydrogens is 314 g/mol. The first kappa shape index (κ1) is 21.7. The minimum absolute atomic E-state index is 0. The van der Waals surface area contributed by atoms with E-state index in [0.29, 0.717) is 5.75 Å². The van der Waals surface area contributed by atoms with Gasteiger partial charge in [0.2, 0.25) is 0 Å². The number of hydrogen-bond acceptors (Lipinski definition) is 4. The molecule has 23 heavy (non-hydrogen) atoms. The van der Waals surface area contributed by atoms with Crippen LogP contribution >= 0.6 is 12.4 Å². The summed E-state index contributed by atoms with van der Waals surface area (Å²) in [5, 5.41) is 6.25. The van der Waals surface area contributed by atoms with Crippen LogP contribution in [0.4, 0.5) is 0 Å². The fraction of sp³-hybridized carbons (Fsp3) is 0.588. The lowest BCUT2D eigenvalue weighted by molar-refractivity contribution is -0.124. The van der Waals surface area contributed by atoms with Crippen molar-refractivity contribution in [3.63, 3.8) is 0 Å². The Balaban J connectivity index is 0.00000484. The van der Waals surface area contributed by atoms with Gasteiger partial charge in [0.1, 0.15) is 5.75 Å². The monoisotopic (exact) mass is 343 g/mol. The van der Waals surface area contributed by atoms with E-state index in [0.717, 1.165) is 19.6 Å². The number of carbonyl (C=O) groups excluding carboxylic acids is 1. The Kier molecular flexibility index (Phi) is 9.88. The van der Waals surface area contributed by atoms with Crippen molar-refractivity contribution in [2.75, 3.05) is 33.8 Å². The molecule has 0 bridgehead atoms. The van der Waals surface area contributed by atoms with Gasteiger partial charge in [-0.05, 0) is 52.6 Å². The normalized spacial score (nSPS) is 11.0. The van der Waals surface area contributed by atoms with Crippen molar-refractivity contribution in [3.05, 3.63) is 29.8 Å². The van der Waals surface area contributed by atoms with Gasteiger partial charge in [-0.2, -0.15) is 0 Å². The number of carbonyl (C=O) groups is 1.